The lowest BCUT2D eigenvalue weighted by molar-refractivity contribution is -0.118. The van der Waals surface area contributed by atoms with E-state index in [2.05, 4.69) is 15.5 Å². The lowest BCUT2D eigenvalue weighted by Gasteiger charge is -2.09. The summed E-state index contributed by atoms with van der Waals surface area (Å²) in [5.41, 5.74) is 1.01. The van der Waals surface area contributed by atoms with Crippen LogP contribution in [0.3, 0.4) is 0 Å². The van der Waals surface area contributed by atoms with Crippen LogP contribution in [0.1, 0.15) is 6.92 Å². The molecule has 28 heavy (non-hydrogen) atoms. The summed E-state index contributed by atoms with van der Waals surface area (Å²) in [6.07, 6.45) is 0. The molecule has 0 saturated heterocycles. The molecule has 1 amide bonds. The number of nitrogens with one attached hydrogen (secondary N) is 1. The first-order valence-corrected chi connectivity index (χ1v) is 10.3. The van der Waals surface area contributed by atoms with Crippen molar-refractivity contribution < 1.29 is 9.53 Å². The molecule has 3 aromatic rings. The summed E-state index contributed by atoms with van der Waals surface area (Å²) in [5.74, 6) is 1.73. The molecule has 8 heteroatoms. The molecule has 2 aromatic carbocycles. The molecule has 1 N–H and O–H groups in total. The van der Waals surface area contributed by atoms with Crippen molar-refractivity contribution >= 4 is 29.3 Å². The molecule has 0 atom stereocenters. The van der Waals surface area contributed by atoms with Crippen LogP contribution in [0.5, 0.6) is 5.75 Å². The van der Waals surface area contributed by atoms with E-state index in [9.17, 15) is 4.79 Å². The maximum atomic E-state index is 12.1. The van der Waals surface area contributed by atoms with Gasteiger partial charge in [-0.1, -0.05) is 53.7 Å². The van der Waals surface area contributed by atoms with Crippen LogP contribution in [-0.4, -0.2) is 39.6 Å². The number of carbonyl (C=O) groups excluding carboxylic acids is 1. The summed E-state index contributed by atoms with van der Waals surface area (Å²) < 4.78 is 7.57. The molecule has 0 aliphatic rings. The smallest absolute Gasteiger partial charge is 0.230 e. The van der Waals surface area contributed by atoms with Gasteiger partial charge in [0.1, 0.15) is 12.4 Å². The Morgan fingerprint density at radius 1 is 1.14 bits per heavy atom. The Labute approximate surface area is 173 Å². The molecule has 0 bridgehead atoms. The van der Waals surface area contributed by atoms with Gasteiger partial charge in [0.15, 0.2) is 11.0 Å². The first-order valence-electron chi connectivity index (χ1n) is 8.94. The minimum atomic E-state index is -0.0726. The van der Waals surface area contributed by atoms with Gasteiger partial charge in [0, 0.05) is 17.1 Å². The second kappa shape index (κ2) is 10.1. The Balaban J connectivity index is 1.45. The number of nitrogens with zero attached hydrogens (tertiary/aromatic N) is 3. The maximum absolute atomic E-state index is 12.1. The highest BCUT2D eigenvalue weighted by molar-refractivity contribution is 7.99. The Morgan fingerprint density at radius 2 is 1.89 bits per heavy atom. The van der Waals surface area contributed by atoms with Gasteiger partial charge in [0.2, 0.25) is 5.91 Å². The molecule has 6 nitrogen and oxygen atoms in total. The topological polar surface area (TPSA) is 69.0 Å². The van der Waals surface area contributed by atoms with Gasteiger partial charge in [-0.3, -0.25) is 4.79 Å². The number of benzene rings is 2. The fourth-order valence-corrected chi connectivity index (χ4v) is 3.51. The largest absolute Gasteiger partial charge is 0.492 e. The number of rotatable bonds is 9. The van der Waals surface area contributed by atoms with Crippen LogP contribution in [0, 0.1) is 0 Å². The number of amides is 1. The zero-order chi connectivity index (χ0) is 19.8. The summed E-state index contributed by atoms with van der Waals surface area (Å²) in [6.45, 7) is 3.59. The molecule has 0 fully saturated rings. The van der Waals surface area contributed by atoms with Crippen LogP contribution < -0.4 is 10.1 Å². The van der Waals surface area contributed by atoms with Gasteiger partial charge < -0.3 is 14.6 Å². The first-order chi connectivity index (χ1) is 13.7. The number of aromatic nitrogens is 3. The highest BCUT2D eigenvalue weighted by atomic mass is 35.5. The normalized spacial score (nSPS) is 10.6. The van der Waals surface area contributed by atoms with E-state index in [4.69, 9.17) is 16.3 Å². The number of ether oxygens (including phenoxy) is 1. The monoisotopic (exact) mass is 416 g/mol. The number of hydrogen-bond acceptors (Lipinski definition) is 5. The van der Waals surface area contributed by atoms with Crippen LogP contribution in [0.25, 0.3) is 11.4 Å². The Bertz CT molecular complexity index is 900. The quantitative estimate of drug-likeness (QED) is 0.423. The lowest BCUT2D eigenvalue weighted by Crippen LogP contribution is -2.29. The van der Waals surface area contributed by atoms with Gasteiger partial charge in [-0.2, -0.15) is 0 Å². The van der Waals surface area contributed by atoms with Crippen LogP contribution >= 0.6 is 23.4 Å². The van der Waals surface area contributed by atoms with E-state index in [1.165, 1.54) is 11.8 Å². The second-order valence-electron chi connectivity index (χ2n) is 5.86. The van der Waals surface area contributed by atoms with Crippen molar-refractivity contribution in [2.24, 2.45) is 0 Å². The van der Waals surface area contributed by atoms with Crippen LogP contribution in [0.15, 0.2) is 59.8 Å². The zero-order valence-electron chi connectivity index (χ0n) is 15.5. The highest BCUT2D eigenvalue weighted by Crippen LogP contribution is 2.23. The first kappa shape index (κ1) is 20.2. The molecule has 0 unspecified atom stereocenters. The fourth-order valence-electron chi connectivity index (χ4n) is 2.55. The third-order valence-electron chi connectivity index (χ3n) is 3.90. The van der Waals surface area contributed by atoms with E-state index in [0.29, 0.717) is 18.2 Å². The molecule has 0 aliphatic heterocycles. The van der Waals surface area contributed by atoms with Gasteiger partial charge >= 0.3 is 0 Å². The third-order valence-corrected chi connectivity index (χ3v) is 5.12. The maximum Gasteiger partial charge on any atom is 0.230 e. The lowest BCUT2D eigenvalue weighted by atomic mass is 10.2. The Morgan fingerprint density at radius 3 is 2.61 bits per heavy atom. The van der Waals surface area contributed by atoms with Gasteiger partial charge in [-0.05, 0) is 31.2 Å². The molecule has 0 saturated carbocycles. The van der Waals surface area contributed by atoms with Crippen molar-refractivity contribution in [2.45, 2.75) is 18.6 Å². The Kier molecular flexibility index (Phi) is 7.33. The van der Waals surface area contributed by atoms with Crippen LogP contribution in [0.4, 0.5) is 0 Å². The summed E-state index contributed by atoms with van der Waals surface area (Å²) >= 11 is 7.20. The predicted molar refractivity (Wildman–Crippen MR) is 112 cm³/mol. The van der Waals surface area contributed by atoms with Crippen molar-refractivity contribution in [2.75, 3.05) is 18.9 Å². The predicted octanol–water partition coefficient (Wildman–Crippen LogP) is 3.91. The average Bonchev–Trinajstić information content (AvgIpc) is 3.14. The van der Waals surface area contributed by atoms with E-state index in [-0.39, 0.29) is 11.7 Å². The Hall–Kier alpha value is -2.51. The SMILES string of the molecule is CCn1c(SCC(=O)NCCOc2ccc(Cl)cc2)nnc1-c1ccccc1. The van der Waals surface area contributed by atoms with Crippen molar-refractivity contribution in [3.05, 3.63) is 59.6 Å². The van der Waals surface area contributed by atoms with Crippen LogP contribution in [0.2, 0.25) is 5.02 Å². The molecule has 0 aliphatic carbocycles. The summed E-state index contributed by atoms with van der Waals surface area (Å²) in [4.78, 5) is 12.1. The van der Waals surface area contributed by atoms with E-state index in [1.807, 2.05) is 41.8 Å². The van der Waals surface area contributed by atoms with Gasteiger partial charge in [-0.15, -0.1) is 10.2 Å². The average molecular weight is 417 g/mol. The number of thioether (sulfide) groups is 1. The summed E-state index contributed by atoms with van der Waals surface area (Å²) in [5, 5.41) is 12.8. The van der Waals surface area contributed by atoms with E-state index >= 15 is 0 Å². The molecular weight excluding hydrogens is 396 g/mol. The number of carbonyl (C=O) groups is 1. The molecule has 1 aromatic heterocycles. The molecular formula is C20H21ClN4O2S. The van der Waals surface area contributed by atoms with Crippen molar-refractivity contribution in [1.82, 2.24) is 20.1 Å². The van der Waals surface area contributed by atoms with E-state index < -0.39 is 0 Å². The van der Waals surface area contributed by atoms with Gasteiger partial charge in [0.05, 0.1) is 12.3 Å². The van der Waals surface area contributed by atoms with Crippen molar-refractivity contribution in [3.8, 4) is 17.1 Å². The van der Waals surface area contributed by atoms with Gasteiger partial charge in [0.25, 0.3) is 0 Å². The summed E-state index contributed by atoms with van der Waals surface area (Å²) in [6, 6.07) is 17.0. The summed E-state index contributed by atoms with van der Waals surface area (Å²) in [7, 11) is 0. The minimum Gasteiger partial charge on any atom is -0.492 e. The second-order valence-corrected chi connectivity index (χ2v) is 7.24. The standard InChI is InChI=1S/C20H21ClN4O2S/c1-2-25-19(15-6-4-3-5-7-15)23-24-20(25)28-14-18(26)22-12-13-27-17-10-8-16(21)9-11-17/h3-11H,2,12-14H2,1H3,(H,22,26). The van der Waals surface area contributed by atoms with E-state index in [0.717, 1.165) is 28.8 Å². The highest BCUT2D eigenvalue weighted by Gasteiger charge is 2.14. The number of halogens is 1. The minimum absolute atomic E-state index is 0.0726. The molecule has 3 rings (SSSR count). The number of hydrogen-bond donors (Lipinski definition) is 1. The molecule has 0 spiro atoms. The third kappa shape index (κ3) is 5.50. The fraction of sp³-hybridized carbons (Fsp3) is 0.250. The molecule has 0 radical (unpaired) electrons. The zero-order valence-corrected chi connectivity index (χ0v) is 17.0. The molecule has 1 heterocycles. The van der Waals surface area contributed by atoms with Crippen molar-refractivity contribution in [3.63, 3.8) is 0 Å². The van der Waals surface area contributed by atoms with E-state index in [1.54, 1.807) is 24.3 Å². The van der Waals surface area contributed by atoms with Gasteiger partial charge in [-0.25, -0.2) is 0 Å². The van der Waals surface area contributed by atoms with Crippen LogP contribution in [-0.2, 0) is 11.3 Å². The van der Waals surface area contributed by atoms with Crippen molar-refractivity contribution in [1.29, 1.82) is 0 Å². The molecule has 146 valence electrons.